The predicted octanol–water partition coefficient (Wildman–Crippen LogP) is -0.911. The second kappa shape index (κ2) is 5.24. The minimum atomic E-state index is -0.847. The van der Waals surface area contributed by atoms with Crippen LogP contribution in [0.2, 0.25) is 0 Å². The molecule has 0 spiro atoms. The number of nitrogens with one attached hydrogen (secondary N) is 1. The summed E-state index contributed by atoms with van der Waals surface area (Å²) in [5.41, 5.74) is 5.21. The van der Waals surface area contributed by atoms with Gasteiger partial charge in [-0.25, -0.2) is 0 Å². The van der Waals surface area contributed by atoms with Gasteiger partial charge < -0.3 is 20.7 Å². The van der Waals surface area contributed by atoms with Gasteiger partial charge in [0, 0.05) is 32.7 Å². The van der Waals surface area contributed by atoms with Crippen molar-refractivity contribution in [3.8, 4) is 0 Å². The van der Waals surface area contributed by atoms with Crippen molar-refractivity contribution >= 4 is 11.8 Å². The third-order valence-corrected chi connectivity index (χ3v) is 3.88. The first kappa shape index (κ1) is 13.3. The zero-order valence-corrected chi connectivity index (χ0v) is 10.8. The van der Waals surface area contributed by atoms with E-state index in [0.29, 0.717) is 45.6 Å². The third kappa shape index (κ3) is 2.49. The summed E-state index contributed by atoms with van der Waals surface area (Å²) in [4.78, 5) is 25.6. The smallest absolute Gasteiger partial charge is 0.245 e. The number of likely N-dealkylation sites (tertiary alicyclic amines) is 1. The molecule has 1 unspecified atom stereocenters. The van der Waals surface area contributed by atoms with Crippen molar-refractivity contribution in [2.24, 2.45) is 11.7 Å². The first-order valence-electron chi connectivity index (χ1n) is 6.44. The van der Waals surface area contributed by atoms with Crippen molar-refractivity contribution in [1.82, 2.24) is 10.2 Å². The van der Waals surface area contributed by atoms with E-state index in [4.69, 9.17) is 10.5 Å². The Balaban J connectivity index is 1.89. The molecule has 0 aliphatic carbocycles. The summed E-state index contributed by atoms with van der Waals surface area (Å²) in [6, 6.07) is 0. The van der Waals surface area contributed by atoms with E-state index in [9.17, 15) is 9.59 Å². The number of ether oxygens (including phenoxy) is 1. The first-order valence-corrected chi connectivity index (χ1v) is 6.44. The van der Waals surface area contributed by atoms with E-state index in [1.165, 1.54) is 0 Å². The van der Waals surface area contributed by atoms with Crippen LogP contribution in [0.3, 0.4) is 0 Å². The average molecular weight is 255 g/mol. The molecule has 0 aromatic heterocycles. The van der Waals surface area contributed by atoms with Crippen LogP contribution in [-0.2, 0) is 14.3 Å². The molecular weight excluding hydrogens is 234 g/mol. The summed E-state index contributed by atoms with van der Waals surface area (Å²) in [5, 5.41) is 2.65. The number of carbonyl (C=O) groups excluding carboxylic acids is 2. The van der Waals surface area contributed by atoms with E-state index in [1.54, 1.807) is 11.9 Å². The molecule has 6 nitrogen and oxygen atoms in total. The van der Waals surface area contributed by atoms with E-state index in [2.05, 4.69) is 5.32 Å². The maximum absolute atomic E-state index is 12.3. The second-order valence-electron chi connectivity index (χ2n) is 5.14. The Morgan fingerprint density at radius 1 is 1.39 bits per heavy atom. The molecule has 2 aliphatic heterocycles. The highest BCUT2D eigenvalue weighted by Gasteiger charge is 2.42. The maximum atomic E-state index is 12.3. The minimum Gasteiger partial charge on any atom is -0.379 e. The number of piperidine rings is 1. The number of nitrogens with two attached hydrogens (primary N) is 1. The molecule has 2 aliphatic rings. The van der Waals surface area contributed by atoms with Gasteiger partial charge >= 0.3 is 0 Å². The standard InChI is InChI=1S/C12H21N3O3/c1-14-10(16)9-2-5-15(6-3-9)11(17)12(13)4-7-18-8-12/h9H,2-8,13H2,1H3,(H,14,16). The largest absolute Gasteiger partial charge is 0.379 e. The minimum absolute atomic E-state index is 0.0209. The van der Waals surface area contributed by atoms with Crippen LogP contribution in [0.1, 0.15) is 19.3 Å². The van der Waals surface area contributed by atoms with Gasteiger partial charge in [0.25, 0.3) is 0 Å². The summed E-state index contributed by atoms with van der Waals surface area (Å²) in [6.07, 6.45) is 2.01. The van der Waals surface area contributed by atoms with Gasteiger partial charge in [-0.2, -0.15) is 0 Å². The lowest BCUT2D eigenvalue weighted by Crippen LogP contribution is -2.57. The number of rotatable bonds is 2. The number of hydrogen-bond donors (Lipinski definition) is 2. The maximum Gasteiger partial charge on any atom is 0.245 e. The molecule has 0 radical (unpaired) electrons. The van der Waals surface area contributed by atoms with Crippen LogP contribution in [0.4, 0.5) is 0 Å². The molecule has 2 heterocycles. The van der Waals surface area contributed by atoms with Crippen molar-refractivity contribution in [2.75, 3.05) is 33.4 Å². The normalized spacial score (nSPS) is 29.3. The number of carbonyl (C=O) groups is 2. The van der Waals surface area contributed by atoms with Gasteiger partial charge in [-0.1, -0.05) is 0 Å². The van der Waals surface area contributed by atoms with Crippen LogP contribution in [-0.4, -0.2) is 55.6 Å². The Hall–Kier alpha value is -1.14. The molecule has 2 saturated heterocycles. The molecule has 2 rings (SSSR count). The Morgan fingerprint density at radius 3 is 2.56 bits per heavy atom. The molecule has 3 N–H and O–H groups in total. The highest BCUT2D eigenvalue weighted by Crippen LogP contribution is 2.23. The quantitative estimate of drug-likeness (QED) is 0.669. The van der Waals surface area contributed by atoms with Gasteiger partial charge in [0.2, 0.25) is 11.8 Å². The molecule has 0 aromatic rings. The Labute approximate surface area is 107 Å². The van der Waals surface area contributed by atoms with Gasteiger partial charge in [0.1, 0.15) is 5.54 Å². The van der Waals surface area contributed by atoms with Crippen LogP contribution in [0.25, 0.3) is 0 Å². The molecule has 2 amide bonds. The number of nitrogens with zero attached hydrogens (tertiary/aromatic N) is 1. The van der Waals surface area contributed by atoms with Crippen molar-refractivity contribution in [3.05, 3.63) is 0 Å². The highest BCUT2D eigenvalue weighted by molar-refractivity contribution is 5.87. The molecule has 0 aromatic carbocycles. The van der Waals surface area contributed by atoms with Crippen LogP contribution in [0.5, 0.6) is 0 Å². The lowest BCUT2D eigenvalue weighted by atomic mass is 9.92. The Kier molecular flexibility index (Phi) is 3.87. The van der Waals surface area contributed by atoms with Gasteiger partial charge in [0.15, 0.2) is 0 Å². The molecule has 6 heteroatoms. The van der Waals surface area contributed by atoms with Gasteiger partial charge in [-0.05, 0) is 19.3 Å². The van der Waals surface area contributed by atoms with E-state index in [-0.39, 0.29) is 17.7 Å². The fourth-order valence-electron chi connectivity index (χ4n) is 2.61. The van der Waals surface area contributed by atoms with Crippen molar-refractivity contribution in [2.45, 2.75) is 24.8 Å². The summed E-state index contributed by atoms with van der Waals surface area (Å²) in [5.74, 6) is 0.0525. The molecule has 2 fully saturated rings. The molecule has 102 valence electrons. The van der Waals surface area contributed by atoms with Crippen LogP contribution >= 0.6 is 0 Å². The van der Waals surface area contributed by atoms with E-state index >= 15 is 0 Å². The lowest BCUT2D eigenvalue weighted by molar-refractivity contribution is -0.140. The van der Waals surface area contributed by atoms with Crippen molar-refractivity contribution in [1.29, 1.82) is 0 Å². The summed E-state index contributed by atoms with van der Waals surface area (Å²) in [6.45, 7) is 2.07. The van der Waals surface area contributed by atoms with E-state index < -0.39 is 5.54 Å². The molecule has 0 saturated carbocycles. The first-order chi connectivity index (χ1) is 8.57. The fourth-order valence-corrected chi connectivity index (χ4v) is 2.61. The van der Waals surface area contributed by atoms with Gasteiger partial charge in [0.05, 0.1) is 6.61 Å². The molecule has 18 heavy (non-hydrogen) atoms. The monoisotopic (exact) mass is 255 g/mol. The van der Waals surface area contributed by atoms with Crippen LogP contribution in [0, 0.1) is 5.92 Å². The van der Waals surface area contributed by atoms with Crippen molar-refractivity contribution in [3.63, 3.8) is 0 Å². The van der Waals surface area contributed by atoms with Gasteiger partial charge in [-0.3, -0.25) is 9.59 Å². The SMILES string of the molecule is CNC(=O)C1CCN(C(=O)C2(N)CCOC2)CC1. The molecule has 1 atom stereocenters. The van der Waals surface area contributed by atoms with E-state index in [1.807, 2.05) is 0 Å². The highest BCUT2D eigenvalue weighted by atomic mass is 16.5. The van der Waals surface area contributed by atoms with Crippen LogP contribution < -0.4 is 11.1 Å². The average Bonchev–Trinajstić information content (AvgIpc) is 2.85. The second-order valence-corrected chi connectivity index (χ2v) is 5.14. The molecule has 0 bridgehead atoms. The summed E-state index contributed by atoms with van der Waals surface area (Å²) in [7, 11) is 1.64. The zero-order valence-electron chi connectivity index (χ0n) is 10.8. The lowest BCUT2D eigenvalue weighted by Gasteiger charge is -2.35. The number of hydrogen-bond acceptors (Lipinski definition) is 4. The zero-order chi connectivity index (χ0) is 13.2. The van der Waals surface area contributed by atoms with E-state index in [0.717, 1.165) is 0 Å². The Bertz CT molecular complexity index is 331. The number of amides is 2. The van der Waals surface area contributed by atoms with Crippen molar-refractivity contribution < 1.29 is 14.3 Å². The third-order valence-electron chi connectivity index (χ3n) is 3.88. The van der Waals surface area contributed by atoms with Crippen LogP contribution in [0.15, 0.2) is 0 Å². The van der Waals surface area contributed by atoms with Gasteiger partial charge in [-0.15, -0.1) is 0 Å². The Morgan fingerprint density at radius 2 is 2.06 bits per heavy atom. The predicted molar refractivity (Wildman–Crippen MR) is 65.7 cm³/mol. The topological polar surface area (TPSA) is 84.7 Å². The molecular formula is C12H21N3O3. The summed E-state index contributed by atoms with van der Waals surface area (Å²) >= 11 is 0. The fraction of sp³-hybridized carbons (Fsp3) is 0.833. The summed E-state index contributed by atoms with van der Waals surface area (Å²) < 4.78 is 5.21.